The zero-order valence-corrected chi connectivity index (χ0v) is 17.6. The van der Waals surface area contributed by atoms with Crippen LogP contribution in [0.1, 0.15) is 29.5 Å². The van der Waals surface area contributed by atoms with Crippen LogP contribution >= 0.6 is 0 Å². The summed E-state index contributed by atoms with van der Waals surface area (Å²) in [5.74, 6) is -0.542. The molecule has 0 saturated heterocycles. The van der Waals surface area contributed by atoms with E-state index in [2.05, 4.69) is 5.32 Å². The molecule has 32 heavy (non-hydrogen) atoms. The van der Waals surface area contributed by atoms with Crippen molar-refractivity contribution in [3.05, 3.63) is 65.2 Å². The van der Waals surface area contributed by atoms with Gasteiger partial charge in [-0.1, -0.05) is 18.2 Å². The summed E-state index contributed by atoms with van der Waals surface area (Å²) in [6.45, 7) is -0.413. The van der Waals surface area contributed by atoms with Crippen molar-refractivity contribution < 1.29 is 39.6 Å². The molecule has 0 radical (unpaired) electrons. The third kappa shape index (κ3) is 7.43. The van der Waals surface area contributed by atoms with Crippen LogP contribution in [0.15, 0.2) is 48.5 Å². The Morgan fingerprint density at radius 1 is 0.938 bits per heavy atom. The second kappa shape index (κ2) is 9.80. The van der Waals surface area contributed by atoms with Crippen molar-refractivity contribution in [1.82, 2.24) is 5.32 Å². The summed E-state index contributed by atoms with van der Waals surface area (Å²) in [6, 6.07) is 8.23. The zero-order chi connectivity index (χ0) is 24.2. The van der Waals surface area contributed by atoms with Crippen molar-refractivity contribution in [2.24, 2.45) is 0 Å². The van der Waals surface area contributed by atoms with Gasteiger partial charge >= 0.3 is 12.4 Å². The molecule has 0 fully saturated rings. The average Bonchev–Trinajstić information content (AvgIpc) is 2.68. The molecule has 2 rings (SSSR count). The number of benzene rings is 2. The Kier molecular flexibility index (Phi) is 7.81. The average molecular weight is 482 g/mol. The quantitative estimate of drug-likeness (QED) is 0.560. The highest BCUT2D eigenvalue weighted by atomic mass is 32.2. The van der Waals surface area contributed by atoms with Gasteiger partial charge in [0.05, 0.1) is 23.1 Å². The molecule has 2 aromatic carbocycles. The molecule has 0 bridgehead atoms. The monoisotopic (exact) mass is 482 g/mol. The number of hydrogen-bond donors (Lipinski definition) is 1. The molecule has 0 heterocycles. The SMILES string of the molecule is CS(=O)(=O)N(CCCC(=O)NCc1cccc(C(F)(F)F)c1)c1cccc(C(F)(F)F)c1. The van der Waals surface area contributed by atoms with Crippen LogP contribution in [0.5, 0.6) is 0 Å². The number of nitrogens with one attached hydrogen (secondary N) is 1. The van der Waals surface area contributed by atoms with Crippen LogP contribution in [0.4, 0.5) is 32.0 Å². The largest absolute Gasteiger partial charge is 0.416 e. The molecule has 1 amide bonds. The van der Waals surface area contributed by atoms with E-state index in [1.54, 1.807) is 0 Å². The minimum atomic E-state index is -4.65. The second-order valence-electron chi connectivity index (χ2n) is 6.96. The van der Waals surface area contributed by atoms with Crippen molar-refractivity contribution in [3.8, 4) is 0 Å². The number of amides is 1. The topological polar surface area (TPSA) is 66.5 Å². The van der Waals surface area contributed by atoms with Crippen LogP contribution in [0.25, 0.3) is 0 Å². The van der Waals surface area contributed by atoms with E-state index in [1.165, 1.54) is 18.2 Å². The molecule has 1 N–H and O–H groups in total. The number of sulfonamides is 1. The zero-order valence-electron chi connectivity index (χ0n) is 16.8. The third-order valence-corrected chi connectivity index (χ3v) is 5.56. The molecular formula is C20H20F6N2O3S. The van der Waals surface area contributed by atoms with Gasteiger partial charge in [-0.25, -0.2) is 8.42 Å². The highest BCUT2D eigenvalue weighted by molar-refractivity contribution is 7.92. The van der Waals surface area contributed by atoms with Crippen LogP contribution in [0.2, 0.25) is 0 Å². The highest BCUT2D eigenvalue weighted by Gasteiger charge is 2.32. The Morgan fingerprint density at radius 2 is 1.50 bits per heavy atom. The Balaban J connectivity index is 1.97. The first-order valence-electron chi connectivity index (χ1n) is 9.26. The lowest BCUT2D eigenvalue weighted by molar-refractivity contribution is -0.138. The maximum atomic E-state index is 12.9. The molecule has 0 aliphatic carbocycles. The number of carbonyl (C=O) groups is 1. The predicted octanol–water partition coefficient (Wildman–Crippen LogP) is 4.59. The van der Waals surface area contributed by atoms with Gasteiger partial charge in [0, 0.05) is 19.5 Å². The van der Waals surface area contributed by atoms with Gasteiger partial charge in [0.25, 0.3) is 0 Å². The summed E-state index contributed by atoms with van der Waals surface area (Å²) in [6.07, 6.45) is -8.52. The first-order valence-corrected chi connectivity index (χ1v) is 11.1. The molecule has 5 nitrogen and oxygen atoms in total. The van der Waals surface area contributed by atoms with E-state index in [1.807, 2.05) is 0 Å². The van der Waals surface area contributed by atoms with Crippen molar-refractivity contribution in [3.63, 3.8) is 0 Å². The standard InChI is InChI=1S/C20H20F6N2O3S/c1-32(30,31)28(17-8-3-7-16(12-17)20(24,25)26)10-4-9-18(29)27-13-14-5-2-6-15(11-14)19(21,22)23/h2-3,5-8,11-12H,4,9-10,13H2,1H3,(H,27,29). The molecule has 2 aromatic rings. The summed E-state index contributed by atoms with van der Waals surface area (Å²) in [7, 11) is -3.92. The van der Waals surface area contributed by atoms with E-state index < -0.39 is 39.4 Å². The number of alkyl halides is 6. The smallest absolute Gasteiger partial charge is 0.352 e. The van der Waals surface area contributed by atoms with Gasteiger partial charge in [0.1, 0.15) is 0 Å². The van der Waals surface area contributed by atoms with Gasteiger partial charge in [-0.15, -0.1) is 0 Å². The summed E-state index contributed by atoms with van der Waals surface area (Å²) >= 11 is 0. The molecule has 0 saturated carbocycles. The van der Waals surface area contributed by atoms with Crippen LogP contribution in [-0.2, 0) is 33.7 Å². The lowest BCUT2D eigenvalue weighted by atomic mass is 10.1. The number of anilines is 1. The number of halogens is 6. The highest BCUT2D eigenvalue weighted by Crippen LogP contribution is 2.32. The molecule has 0 atom stereocenters. The maximum Gasteiger partial charge on any atom is 0.416 e. The fourth-order valence-corrected chi connectivity index (χ4v) is 3.81. The Morgan fingerprint density at radius 3 is 2.06 bits per heavy atom. The van der Waals surface area contributed by atoms with E-state index in [9.17, 15) is 39.6 Å². The van der Waals surface area contributed by atoms with Crippen molar-refractivity contribution in [2.75, 3.05) is 17.1 Å². The van der Waals surface area contributed by atoms with Gasteiger partial charge in [0.2, 0.25) is 15.9 Å². The molecule has 0 aromatic heterocycles. The lowest BCUT2D eigenvalue weighted by Gasteiger charge is -2.23. The van der Waals surface area contributed by atoms with E-state index >= 15 is 0 Å². The number of hydrogen-bond acceptors (Lipinski definition) is 3. The predicted molar refractivity (Wildman–Crippen MR) is 106 cm³/mol. The first-order chi connectivity index (χ1) is 14.7. The number of carbonyl (C=O) groups excluding carboxylic acids is 1. The molecular weight excluding hydrogens is 462 g/mol. The molecule has 12 heteroatoms. The Bertz CT molecular complexity index is 1050. The van der Waals surface area contributed by atoms with Crippen molar-refractivity contribution >= 4 is 21.6 Å². The van der Waals surface area contributed by atoms with Gasteiger partial charge in [0.15, 0.2) is 0 Å². The van der Waals surface area contributed by atoms with Crippen molar-refractivity contribution in [2.45, 2.75) is 31.7 Å². The summed E-state index contributed by atoms with van der Waals surface area (Å²) < 4.78 is 102. The van der Waals surface area contributed by atoms with Gasteiger partial charge < -0.3 is 5.32 Å². The summed E-state index contributed by atoms with van der Waals surface area (Å²) in [5.41, 5.74) is -1.82. The van der Waals surface area contributed by atoms with Gasteiger partial charge in [-0.3, -0.25) is 9.10 Å². The molecule has 176 valence electrons. The second-order valence-corrected chi connectivity index (χ2v) is 8.87. The molecule has 0 spiro atoms. The van der Waals surface area contributed by atoms with Crippen LogP contribution in [0, 0.1) is 0 Å². The van der Waals surface area contributed by atoms with Gasteiger partial charge in [-0.2, -0.15) is 26.3 Å². The van der Waals surface area contributed by atoms with E-state index in [0.717, 1.165) is 34.8 Å². The number of nitrogens with zero attached hydrogens (tertiary/aromatic N) is 1. The maximum absolute atomic E-state index is 12.9. The Hall–Kier alpha value is -2.76. The summed E-state index contributed by atoms with van der Waals surface area (Å²) in [4.78, 5) is 12.0. The first kappa shape index (κ1) is 25.5. The van der Waals surface area contributed by atoms with E-state index in [0.29, 0.717) is 6.07 Å². The fraction of sp³-hybridized carbons (Fsp3) is 0.350. The molecule has 0 unspecified atom stereocenters. The van der Waals surface area contributed by atoms with Crippen molar-refractivity contribution in [1.29, 1.82) is 0 Å². The van der Waals surface area contributed by atoms with Crippen LogP contribution in [-0.4, -0.2) is 27.1 Å². The molecule has 0 aliphatic heterocycles. The molecule has 0 aliphatic rings. The minimum absolute atomic E-state index is 0.0161. The third-order valence-electron chi connectivity index (χ3n) is 4.37. The van der Waals surface area contributed by atoms with E-state index in [4.69, 9.17) is 0 Å². The fourth-order valence-electron chi connectivity index (χ4n) is 2.85. The lowest BCUT2D eigenvalue weighted by Crippen LogP contribution is -2.32. The van der Waals surface area contributed by atoms with Gasteiger partial charge in [-0.05, 0) is 42.3 Å². The number of rotatable bonds is 8. The minimum Gasteiger partial charge on any atom is -0.352 e. The summed E-state index contributed by atoms with van der Waals surface area (Å²) in [5, 5.41) is 2.44. The normalized spacial score (nSPS) is 12.5. The Labute approximate surface area is 181 Å². The van der Waals surface area contributed by atoms with E-state index in [-0.39, 0.29) is 37.2 Å². The van der Waals surface area contributed by atoms with Crippen LogP contribution < -0.4 is 9.62 Å². The van der Waals surface area contributed by atoms with Crippen LogP contribution in [0.3, 0.4) is 0 Å².